The number of nitrogen functional groups attached to an aromatic ring is 1. The van der Waals surface area contributed by atoms with Gasteiger partial charge in [-0.05, 0) is 31.5 Å². The lowest BCUT2D eigenvalue weighted by Gasteiger charge is -2.11. The first-order valence-electron chi connectivity index (χ1n) is 7.24. The maximum absolute atomic E-state index is 12.3. The van der Waals surface area contributed by atoms with Crippen molar-refractivity contribution in [1.82, 2.24) is 0 Å². The molecule has 5 nitrogen and oxygen atoms in total. The minimum Gasteiger partial charge on any atom is -0.496 e. The van der Waals surface area contributed by atoms with Crippen LogP contribution in [-0.4, -0.2) is 25.5 Å². The largest absolute Gasteiger partial charge is 0.496 e. The van der Waals surface area contributed by atoms with Crippen LogP contribution in [-0.2, 0) is 4.74 Å². The van der Waals surface area contributed by atoms with E-state index in [-0.39, 0.29) is 34.4 Å². The van der Waals surface area contributed by atoms with Crippen molar-refractivity contribution in [3.8, 4) is 5.75 Å². The van der Waals surface area contributed by atoms with Crippen molar-refractivity contribution in [2.45, 2.75) is 13.8 Å². The van der Waals surface area contributed by atoms with Gasteiger partial charge in [-0.1, -0.05) is 29.3 Å². The molecule has 24 heavy (non-hydrogen) atoms. The monoisotopic (exact) mass is 347 g/mol. The van der Waals surface area contributed by atoms with Crippen molar-refractivity contribution >= 4 is 29.0 Å². The van der Waals surface area contributed by atoms with Gasteiger partial charge in [-0.25, -0.2) is 4.79 Å². The Bertz CT molecular complexity index is 802. The topological polar surface area (TPSA) is 78.6 Å². The lowest BCUT2D eigenvalue weighted by atomic mass is 10.0. The summed E-state index contributed by atoms with van der Waals surface area (Å²) in [5.41, 5.74) is 8.40. The molecule has 0 aliphatic rings. The van der Waals surface area contributed by atoms with Gasteiger partial charge in [0.15, 0.2) is 6.61 Å². The zero-order valence-corrected chi connectivity index (χ0v) is 14.4. The van der Waals surface area contributed by atoms with Gasteiger partial charge < -0.3 is 15.2 Å². The predicted octanol–water partition coefficient (Wildman–Crippen LogP) is 3.59. The van der Waals surface area contributed by atoms with E-state index in [2.05, 4.69) is 0 Å². The van der Waals surface area contributed by atoms with E-state index < -0.39 is 5.97 Å². The number of halogens is 1. The number of rotatable bonds is 5. The van der Waals surface area contributed by atoms with Gasteiger partial charge in [0.1, 0.15) is 11.3 Å². The number of benzene rings is 2. The molecule has 0 atom stereocenters. The second-order valence-corrected chi connectivity index (χ2v) is 5.80. The zero-order chi connectivity index (χ0) is 17.9. The quantitative estimate of drug-likeness (QED) is 0.508. The molecule has 6 heteroatoms. The molecule has 2 aromatic rings. The summed E-state index contributed by atoms with van der Waals surface area (Å²) in [6.07, 6.45) is 0. The van der Waals surface area contributed by atoms with Crippen LogP contribution in [0, 0.1) is 13.8 Å². The zero-order valence-electron chi connectivity index (χ0n) is 13.7. The number of hydrogen-bond acceptors (Lipinski definition) is 5. The van der Waals surface area contributed by atoms with Crippen LogP contribution in [0.2, 0.25) is 5.02 Å². The maximum atomic E-state index is 12.3. The Morgan fingerprint density at radius 2 is 1.83 bits per heavy atom. The van der Waals surface area contributed by atoms with Crippen LogP contribution >= 0.6 is 11.6 Å². The standard InChI is InChI=1S/C18H18ClNO4/c1-10-4-5-11(2)12(6-10)16(21)9-24-18(22)13-7-14(19)15(20)8-17(13)23-3/h4-8H,9,20H2,1-3H3. The summed E-state index contributed by atoms with van der Waals surface area (Å²) >= 11 is 5.93. The van der Waals surface area contributed by atoms with Gasteiger partial charge in [0.25, 0.3) is 0 Å². The highest BCUT2D eigenvalue weighted by Crippen LogP contribution is 2.29. The van der Waals surface area contributed by atoms with Gasteiger partial charge in [-0.2, -0.15) is 0 Å². The first-order valence-corrected chi connectivity index (χ1v) is 7.62. The minimum absolute atomic E-state index is 0.116. The molecule has 0 saturated heterocycles. The normalized spacial score (nSPS) is 10.3. The van der Waals surface area contributed by atoms with Crippen molar-refractivity contribution in [2.75, 3.05) is 19.5 Å². The van der Waals surface area contributed by atoms with Crippen LogP contribution in [0.25, 0.3) is 0 Å². The fourth-order valence-corrected chi connectivity index (χ4v) is 2.38. The van der Waals surface area contributed by atoms with Gasteiger partial charge in [0.2, 0.25) is 5.78 Å². The van der Waals surface area contributed by atoms with Crippen molar-refractivity contribution in [1.29, 1.82) is 0 Å². The van der Waals surface area contributed by atoms with E-state index in [1.54, 1.807) is 6.07 Å². The third-order valence-corrected chi connectivity index (χ3v) is 3.89. The number of ether oxygens (including phenoxy) is 2. The second kappa shape index (κ2) is 7.36. The van der Waals surface area contributed by atoms with Gasteiger partial charge >= 0.3 is 5.97 Å². The Labute approximate surface area is 145 Å². The summed E-state index contributed by atoms with van der Waals surface area (Å²) in [5, 5.41) is 0.212. The van der Waals surface area contributed by atoms with Gasteiger partial charge in [-0.15, -0.1) is 0 Å². The molecular weight excluding hydrogens is 330 g/mol. The van der Waals surface area contributed by atoms with E-state index >= 15 is 0 Å². The summed E-state index contributed by atoms with van der Waals surface area (Å²) in [5.74, 6) is -0.737. The maximum Gasteiger partial charge on any atom is 0.342 e. The Hall–Kier alpha value is -2.53. The highest BCUT2D eigenvalue weighted by Gasteiger charge is 2.18. The Balaban J connectivity index is 2.15. The predicted molar refractivity (Wildman–Crippen MR) is 92.9 cm³/mol. The Morgan fingerprint density at radius 3 is 2.50 bits per heavy atom. The molecule has 0 unspecified atom stereocenters. The van der Waals surface area contributed by atoms with E-state index in [4.69, 9.17) is 26.8 Å². The van der Waals surface area contributed by atoms with E-state index in [1.165, 1.54) is 19.2 Å². The Morgan fingerprint density at radius 1 is 1.12 bits per heavy atom. The molecule has 126 valence electrons. The molecule has 0 fully saturated rings. The second-order valence-electron chi connectivity index (χ2n) is 5.39. The molecule has 0 bridgehead atoms. The highest BCUT2D eigenvalue weighted by molar-refractivity contribution is 6.33. The number of ketones is 1. The van der Waals surface area contributed by atoms with E-state index in [1.807, 2.05) is 26.0 Å². The number of anilines is 1. The van der Waals surface area contributed by atoms with Crippen LogP contribution in [0.15, 0.2) is 30.3 Å². The SMILES string of the molecule is COc1cc(N)c(Cl)cc1C(=O)OCC(=O)c1cc(C)ccc1C. The molecule has 0 amide bonds. The molecular formula is C18H18ClNO4. The third kappa shape index (κ3) is 3.86. The van der Waals surface area contributed by atoms with Crippen molar-refractivity contribution in [3.05, 3.63) is 57.6 Å². The van der Waals surface area contributed by atoms with Crippen molar-refractivity contribution in [3.63, 3.8) is 0 Å². The van der Waals surface area contributed by atoms with Gasteiger partial charge in [0.05, 0.1) is 17.8 Å². The number of Topliss-reactive ketones (excluding diaryl/α,β-unsaturated/α-hetero) is 1. The summed E-state index contributed by atoms with van der Waals surface area (Å²) < 4.78 is 10.2. The molecule has 0 aromatic heterocycles. The van der Waals surface area contributed by atoms with E-state index in [0.717, 1.165) is 11.1 Å². The average Bonchev–Trinajstić information content (AvgIpc) is 2.56. The van der Waals surface area contributed by atoms with Crippen LogP contribution in [0.4, 0.5) is 5.69 Å². The number of hydrogen-bond donors (Lipinski definition) is 1. The van der Waals surface area contributed by atoms with E-state index in [0.29, 0.717) is 5.56 Å². The molecule has 2 aromatic carbocycles. The van der Waals surface area contributed by atoms with Crippen LogP contribution in [0.3, 0.4) is 0 Å². The molecule has 2 N–H and O–H groups in total. The molecule has 0 spiro atoms. The smallest absolute Gasteiger partial charge is 0.342 e. The Kier molecular flexibility index (Phi) is 5.46. The molecule has 2 rings (SSSR count). The molecule has 0 radical (unpaired) electrons. The van der Waals surface area contributed by atoms with Crippen molar-refractivity contribution < 1.29 is 19.1 Å². The van der Waals surface area contributed by atoms with Crippen LogP contribution in [0.5, 0.6) is 5.75 Å². The lowest BCUT2D eigenvalue weighted by molar-refractivity contribution is 0.0471. The van der Waals surface area contributed by atoms with Gasteiger partial charge in [0, 0.05) is 11.6 Å². The molecule has 0 aliphatic heterocycles. The lowest BCUT2D eigenvalue weighted by Crippen LogP contribution is -2.16. The number of esters is 1. The fraction of sp³-hybridized carbons (Fsp3) is 0.222. The van der Waals surface area contributed by atoms with Crippen molar-refractivity contribution in [2.24, 2.45) is 0 Å². The number of methoxy groups -OCH3 is 1. The summed E-state index contributed by atoms with van der Waals surface area (Å²) in [4.78, 5) is 24.5. The van der Waals surface area contributed by atoms with Crippen LogP contribution < -0.4 is 10.5 Å². The highest BCUT2D eigenvalue weighted by atomic mass is 35.5. The average molecular weight is 348 g/mol. The number of nitrogens with two attached hydrogens (primary N) is 1. The first-order chi connectivity index (χ1) is 11.3. The molecule has 0 heterocycles. The van der Waals surface area contributed by atoms with Crippen LogP contribution in [0.1, 0.15) is 31.8 Å². The summed E-state index contributed by atoms with van der Waals surface area (Å²) in [7, 11) is 1.40. The fourth-order valence-electron chi connectivity index (χ4n) is 2.22. The number of aryl methyl sites for hydroxylation is 2. The first kappa shape index (κ1) is 17.8. The minimum atomic E-state index is -0.701. The number of carbonyl (C=O) groups is 2. The number of carbonyl (C=O) groups excluding carboxylic acids is 2. The molecule has 0 aliphatic carbocycles. The summed E-state index contributed by atoms with van der Waals surface area (Å²) in [6, 6.07) is 8.34. The van der Waals surface area contributed by atoms with Gasteiger partial charge in [-0.3, -0.25) is 4.79 Å². The molecule has 0 saturated carbocycles. The summed E-state index contributed by atoms with van der Waals surface area (Å²) in [6.45, 7) is 3.36. The van der Waals surface area contributed by atoms with E-state index in [9.17, 15) is 9.59 Å². The third-order valence-electron chi connectivity index (χ3n) is 3.57.